The van der Waals surface area contributed by atoms with E-state index in [0.29, 0.717) is 6.42 Å². The monoisotopic (exact) mass is 524 g/mol. The van der Waals surface area contributed by atoms with Gasteiger partial charge in [0.25, 0.3) is 0 Å². The van der Waals surface area contributed by atoms with Gasteiger partial charge in [0.15, 0.2) is 8.32 Å². The van der Waals surface area contributed by atoms with Crippen LogP contribution in [0.15, 0.2) is 12.7 Å². The number of carbonyl (C=O) groups excluding carboxylic acids is 2. The lowest BCUT2D eigenvalue weighted by Gasteiger charge is -2.44. The molecule has 0 bridgehead atoms. The Morgan fingerprint density at radius 1 is 0.972 bits per heavy atom. The third-order valence-electron chi connectivity index (χ3n) is 8.02. The molecule has 0 aliphatic carbocycles. The molecule has 0 spiro atoms. The molecule has 0 saturated carbocycles. The molecule has 1 saturated heterocycles. The van der Waals surface area contributed by atoms with Crippen molar-refractivity contribution in [3.05, 3.63) is 12.7 Å². The summed E-state index contributed by atoms with van der Waals surface area (Å²) in [4.78, 5) is 25.5. The average molecular weight is 525 g/mol. The van der Waals surface area contributed by atoms with Crippen molar-refractivity contribution in [3.8, 4) is 0 Å². The molecule has 36 heavy (non-hydrogen) atoms. The quantitative estimate of drug-likeness (QED) is 0.124. The van der Waals surface area contributed by atoms with Gasteiger partial charge in [0, 0.05) is 17.7 Å². The van der Waals surface area contributed by atoms with Gasteiger partial charge >= 0.3 is 13.1 Å². The van der Waals surface area contributed by atoms with Crippen LogP contribution in [-0.4, -0.2) is 50.1 Å². The Morgan fingerprint density at radius 3 is 1.83 bits per heavy atom. The van der Waals surface area contributed by atoms with Crippen LogP contribution in [0.3, 0.4) is 0 Å². The van der Waals surface area contributed by atoms with Gasteiger partial charge in [-0.15, -0.1) is 6.58 Å². The van der Waals surface area contributed by atoms with Crippen LogP contribution in [-0.2, 0) is 28.1 Å². The largest absolute Gasteiger partial charge is 0.461 e. The first-order valence-corrected chi connectivity index (χ1v) is 16.1. The third-order valence-corrected chi connectivity index (χ3v) is 12.5. The molecule has 0 N–H and O–H groups in total. The summed E-state index contributed by atoms with van der Waals surface area (Å²) < 4.78 is 25.1. The minimum Gasteiger partial charge on any atom is -0.460 e. The molecule has 0 radical (unpaired) electrons. The van der Waals surface area contributed by atoms with E-state index >= 15 is 0 Å². The molecule has 8 heteroatoms. The van der Waals surface area contributed by atoms with Crippen molar-refractivity contribution in [1.29, 1.82) is 0 Å². The zero-order valence-electron chi connectivity index (χ0n) is 25.6. The van der Waals surface area contributed by atoms with Crippen molar-refractivity contribution >= 4 is 27.2 Å². The van der Waals surface area contributed by atoms with Crippen LogP contribution in [0.5, 0.6) is 0 Å². The second-order valence-corrected chi connectivity index (χ2v) is 19.3. The van der Waals surface area contributed by atoms with Gasteiger partial charge in [0.05, 0.1) is 17.3 Å². The molecular formula is C28H53BO6Si. The lowest BCUT2D eigenvalue weighted by Crippen LogP contribution is -2.48. The van der Waals surface area contributed by atoms with Crippen molar-refractivity contribution in [1.82, 2.24) is 0 Å². The van der Waals surface area contributed by atoms with Crippen LogP contribution in [0.2, 0.25) is 23.9 Å². The highest BCUT2D eigenvalue weighted by Gasteiger charge is 2.55. The molecule has 1 aliphatic heterocycles. The van der Waals surface area contributed by atoms with E-state index in [-0.39, 0.29) is 41.0 Å². The smallest absolute Gasteiger partial charge is 0.460 e. The number of ether oxygens (including phenoxy) is 1. The SMILES string of the molecule is C=CC(C)(C)[C@H](C[C@@H](CC(=O)CC(=O)OC(C)(C)C)B1OC(C)(C)C(C)(C)O1)O[Si](C)(C)C(C)(C)C. The van der Waals surface area contributed by atoms with Crippen molar-refractivity contribution in [3.63, 3.8) is 0 Å². The Balaban J connectivity index is 3.30. The molecule has 0 amide bonds. The first-order valence-electron chi connectivity index (χ1n) is 13.2. The lowest BCUT2D eigenvalue weighted by molar-refractivity contribution is -0.156. The molecular weight excluding hydrogens is 471 g/mol. The zero-order valence-corrected chi connectivity index (χ0v) is 26.6. The summed E-state index contributed by atoms with van der Waals surface area (Å²) in [7, 11) is -2.73. The predicted octanol–water partition coefficient (Wildman–Crippen LogP) is 7.13. The molecule has 1 aliphatic rings. The van der Waals surface area contributed by atoms with E-state index in [1.54, 1.807) is 20.8 Å². The Kier molecular flexibility index (Phi) is 10.1. The van der Waals surface area contributed by atoms with Crippen LogP contribution < -0.4 is 0 Å². The fraction of sp³-hybridized carbons (Fsp3) is 0.857. The van der Waals surface area contributed by atoms with E-state index in [1.807, 2.05) is 33.8 Å². The van der Waals surface area contributed by atoms with Gasteiger partial charge in [0.1, 0.15) is 17.8 Å². The average Bonchev–Trinajstić information content (AvgIpc) is 2.84. The molecule has 1 rings (SSSR count). The molecule has 6 nitrogen and oxygen atoms in total. The maximum atomic E-state index is 13.1. The molecule has 2 atom stereocenters. The highest BCUT2D eigenvalue weighted by molar-refractivity contribution is 6.74. The standard InChI is InChI=1S/C28H53BO6Si/c1-16-26(8,9)22(33-36(14,15)25(5,6)7)18-20(29-34-27(10,11)28(12,13)35-29)17-21(30)19-23(31)32-24(2,3)4/h16,20,22H,1,17-19H2,2-15H3/t20-,22+/m1/s1. The maximum Gasteiger partial charge on any atom is 0.461 e. The minimum atomic E-state index is -2.14. The Hall–Kier alpha value is -0.958. The zero-order chi connectivity index (χ0) is 28.5. The van der Waals surface area contributed by atoms with Gasteiger partial charge < -0.3 is 18.5 Å². The normalized spacial score (nSPS) is 20.1. The number of esters is 1. The van der Waals surface area contributed by atoms with Crippen LogP contribution in [0.25, 0.3) is 0 Å². The van der Waals surface area contributed by atoms with Crippen molar-refractivity contribution in [2.24, 2.45) is 5.41 Å². The fourth-order valence-corrected chi connectivity index (χ4v) is 5.18. The van der Waals surface area contributed by atoms with E-state index in [1.165, 1.54) is 0 Å². The Morgan fingerprint density at radius 2 is 1.44 bits per heavy atom. The third kappa shape index (κ3) is 8.81. The van der Waals surface area contributed by atoms with Crippen LogP contribution in [0.1, 0.15) is 102 Å². The summed E-state index contributed by atoms with van der Waals surface area (Å²) >= 11 is 0. The number of Topliss-reactive ketones (excluding diaryl/α,β-unsaturated/α-hetero) is 1. The second-order valence-electron chi connectivity index (χ2n) is 14.5. The second kappa shape index (κ2) is 11.0. The summed E-state index contributed by atoms with van der Waals surface area (Å²) in [5.41, 5.74) is -2.05. The van der Waals surface area contributed by atoms with E-state index in [0.717, 1.165) is 0 Å². The van der Waals surface area contributed by atoms with E-state index in [2.05, 4.69) is 54.3 Å². The topological polar surface area (TPSA) is 71.1 Å². The number of rotatable bonds is 11. The van der Waals surface area contributed by atoms with Crippen LogP contribution >= 0.6 is 0 Å². The first-order chi connectivity index (χ1) is 15.8. The molecule has 0 unspecified atom stereocenters. The summed E-state index contributed by atoms with van der Waals surface area (Å²) in [6.07, 6.45) is 2.14. The van der Waals surface area contributed by atoms with E-state index in [4.69, 9.17) is 18.5 Å². The van der Waals surface area contributed by atoms with Gasteiger partial charge in [-0.05, 0) is 73.0 Å². The Labute approximate surface area is 222 Å². The van der Waals surface area contributed by atoms with Gasteiger partial charge in [0.2, 0.25) is 0 Å². The highest BCUT2D eigenvalue weighted by Crippen LogP contribution is 2.46. The van der Waals surface area contributed by atoms with Gasteiger partial charge in [-0.2, -0.15) is 0 Å². The molecule has 0 aromatic rings. The van der Waals surface area contributed by atoms with Gasteiger partial charge in [-0.25, -0.2) is 0 Å². The van der Waals surface area contributed by atoms with E-state index < -0.39 is 38.2 Å². The minimum absolute atomic E-state index is 0.0227. The summed E-state index contributed by atoms with van der Waals surface area (Å²) in [6, 6.07) is 0. The Bertz CT molecular complexity index is 788. The summed E-state index contributed by atoms with van der Waals surface area (Å²) in [6.45, 7) is 32.8. The summed E-state index contributed by atoms with van der Waals surface area (Å²) in [5.74, 6) is -0.998. The van der Waals surface area contributed by atoms with Crippen molar-refractivity contribution in [2.75, 3.05) is 0 Å². The number of ketones is 1. The number of hydrogen-bond donors (Lipinski definition) is 0. The fourth-order valence-electron chi connectivity index (χ4n) is 3.72. The number of carbonyl (C=O) groups is 2. The van der Waals surface area contributed by atoms with Crippen LogP contribution in [0, 0.1) is 5.41 Å². The van der Waals surface area contributed by atoms with Crippen molar-refractivity contribution < 1.29 is 28.1 Å². The van der Waals surface area contributed by atoms with E-state index in [9.17, 15) is 9.59 Å². The van der Waals surface area contributed by atoms with Crippen LogP contribution in [0.4, 0.5) is 0 Å². The molecule has 208 valence electrons. The number of hydrogen-bond acceptors (Lipinski definition) is 6. The predicted molar refractivity (Wildman–Crippen MR) is 151 cm³/mol. The van der Waals surface area contributed by atoms with Crippen molar-refractivity contribution in [2.45, 2.75) is 149 Å². The van der Waals surface area contributed by atoms with Gasteiger partial charge in [-0.1, -0.05) is 40.7 Å². The molecule has 0 aromatic heterocycles. The molecule has 1 fully saturated rings. The maximum absolute atomic E-state index is 13.1. The highest BCUT2D eigenvalue weighted by atomic mass is 28.4. The molecule has 1 heterocycles. The van der Waals surface area contributed by atoms with Gasteiger partial charge in [-0.3, -0.25) is 9.59 Å². The molecule has 0 aromatic carbocycles. The lowest BCUT2D eigenvalue weighted by atomic mass is 9.64. The first kappa shape index (κ1) is 33.1. The summed E-state index contributed by atoms with van der Waals surface area (Å²) in [5, 5.41) is 0.0227.